The summed E-state index contributed by atoms with van der Waals surface area (Å²) in [6, 6.07) is 0. The van der Waals surface area contributed by atoms with Gasteiger partial charge in [0.05, 0.1) is 12.2 Å². The lowest BCUT2D eigenvalue weighted by molar-refractivity contribution is 0.294. The van der Waals surface area contributed by atoms with Crippen molar-refractivity contribution in [3.05, 3.63) is 24.3 Å². The van der Waals surface area contributed by atoms with Gasteiger partial charge in [0.1, 0.15) is 0 Å². The number of hydrogen-bond donors (Lipinski definition) is 0. The molecule has 2 rings (SSSR count). The molecule has 90 valence electrons. The fraction of sp³-hybridized carbons (Fsp3) is 0.733. The number of allylic oxidation sites excluding steroid dienone is 4. The maximum absolute atomic E-state index is 5.77. The van der Waals surface area contributed by atoms with Crippen molar-refractivity contribution in [1.29, 1.82) is 0 Å². The Morgan fingerprint density at radius 1 is 1.06 bits per heavy atom. The summed E-state index contributed by atoms with van der Waals surface area (Å²) in [5.74, 6) is 1.99. The molecular formula is C15H24O. The molecule has 0 spiro atoms. The van der Waals surface area contributed by atoms with Crippen LogP contribution in [0.1, 0.15) is 40.0 Å². The molecule has 0 aromatic rings. The van der Waals surface area contributed by atoms with Crippen molar-refractivity contribution in [3.8, 4) is 0 Å². The van der Waals surface area contributed by atoms with Crippen LogP contribution in [0.2, 0.25) is 0 Å². The molecule has 0 aromatic heterocycles. The summed E-state index contributed by atoms with van der Waals surface area (Å²) >= 11 is 0. The average Bonchev–Trinajstić information content (AvgIpc) is 3.01. The maximum atomic E-state index is 5.77. The summed E-state index contributed by atoms with van der Waals surface area (Å²) in [4.78, 5) is 0. The normalized spacial score (nSPS) is 48.3. The van der Waals surface area contributed by atoms with Crippen LogP contribution in [0.3, 0.4) is 0 Å². The third-order valence-electron chi connectivity index (χ3n) is 4.00. The third-order valence-corrected chi connectivity index (χ3v) is 4.00. The number of fused-ring (bicyclic) bond motifs is 1. The fourth-order valence-electron chi connectivity index (χ4n) is 2.50. The van der Waals surface area contributed by atoms with Gasteiger partial charge in [-0.25, -0.2) is 0 Å². The van der Waals surface area contributed by atoms with E-state index in [1.165, 1.54) is 19.3 Å². The summed E-state index contributed by atoms with van der Waals surface area (Å²) < 4.78 is 5.77. The first-order valence-corrected chi connectivity index (χ1v) is 6.67. The zero-order valence-corrected chi connectivity index (χ0v) is 10.7. The van der Waals surface area contributed by atoms with Gasteiger partial charge in [0.15, 0.2) is 0 Å². The van der Waals surface area contributed by atoms with Crippen molar-refractivity contribution in [2.24, 2.45) is 17.8 Å². The Morgan fingerprint density at radius 3 is 2.69 bits per heavy atom. The fourth-order valence-corrected chi connectivity index (χ4v) is 2.50. The van der Waals surface area contributed by atoms with Crippen LogP contribution in [-0.4, -0.2) is 12.2 Å². The SMILES string of the molecule is CC1/C=C\CCC2OC2C(C)C(C)/C=C\C1. The van der Waals surface area contributed by atoms with Gasteiger partial charge in [-0.3, -0.25) is 0 Å². The molecule has 0 saturated carbocycles. The molecule has 0 amide bonds. The zero-order valence-electron chi connectivity index (χ0n) is 10.7. The molecule has 0 N–H and O–H groups in total. The van der Waals surface area contributed by atoms with E-state index in [1.54, 1.807) is 0 Å². The van der Waals surface area contributed by atoms with Gasteiger partial charge in [-0.1, -0.05) is 45.1 Å². The summed E-state index contributed by atoms with van der Waals surface area (Å²) in [5, 5.41) is 0. The maximum Gasteiger partial charge on any atom is 0.0872 e. The summed E-state index contributed by atoms with van der Waals surface area (Å²) in [6.07, 6.45) is 14.0. The van der Waals surface area contributed by atoms with E-state index in [0.29, 0.717) is 30.0 Å². The van der Waals surface area contributed by atoms with Crippen molar-refractivity contribution < 1.29 is 4.74 Å². The Kier molecular flexibility index (Phi) is 3.86. The summed E-state index contributed by atoms with van der Waals surface area (Å²) in [5.41, 5.74) is 0. The van der Waals surface area contributed by atoms with Gasteiger partial charge in [0, 0.05) is 0 Å². The van der Waals surface area contributed by atoms with E-state index in [1.807, 2.05) is 0 Å². The Labute approximate surface area is 99.6 Å². The molecule has 1 saturated heterocycles. The lowest BCUT2D eigenvalue weighted by atomic mass is 9.89. The molecule has 0 radical (unpaired) electrons. The average molecular weight is 220 g/mol. The van der Waals surface area contributed by atoms with E-state index in [4.69, 9.17) is 4.74 Å². The van der Waals surface area contributed by atoms with Gasteiger partial charge >= 0.3 is 0 Å². The molecule has 5 atom stereocenters. The second kappa shape index (κ2) is 5.18. The molecule has 1 aliphatic heterocycles. The van der Waals surface area contributed by atoms with Crippen molar-refractivity contribution in [3.63, 3.8) is 0 Å². The van der Waals surface area contributed by atoms with Crippen LogP contribution in [0.15, 0.2) is 24.3 Å². The summed E-state index contributed by atoms with van der Waals surface area (Å²) in [6.45, 7) is 6.92. The topological polar surface area (TPSA) is 12.5 Å². The highest BCUT2D eigenvalue weighted by atomic mass is 16.6. The van der Waals surface area contributed by atoms with E-state index < -0.39 is 0 Å². The molecule has 1 nitrogen and oxygen atoms in total. The lowest BCUT2D eigenvalue weighted by Gasteiger charge is -2.14. The minimum atomic E-state index is 0.518. The third kappa shape index (κ3) is 2.98. The predicted octanol–water partition coefficient (Wildman–Crippen LogP) is 3.96. The molecule has 1 fully saturated rings. The first kappa shape index (κ1) is 11.9. The molecule has 16 heavy (non-hydrogen) atoms. The molecule has 2 aliphatic rings. The van der Waals surface area contributed by atoms with E-state index >= 15 is 0 Å². The number of hydrogen-bond acceptors (Lipinski definition) is 1. The highest BCUT2D eigenvalue weighted by Crippen LogP contribution is 2.37. The van der Waals surface area contributed by atoms with Crippen LogP contribution in [0.25, 0.3) is 0 Å². The van der Waals surface area contributed by atoms with Crippen LogP contribution in [0, 0.1) is 17.8 Å². The second-order valence-corrected chi connectivity index (χ2v) is 5.50. The number of ether oxygens (including phenoxy) is 1. The van der Waals surface area contributed by atoms with E-state index in [0.717, 1.165) is 0 Å². The molecular weight excluding hydrogens is 196 g/mol. The number of epoxide rings is 1. The van der Waals surface area contributed by atoms with Crippen molar-refractivity contribution in [2.75, 3.05) is 0 Å². The Hall–Kier alpha value is -0.560. The van der Waals surface area contributed by atoms with Crippen molar-refractivity contribution in [2.45, 2.75) is 52.2 Å². The smallest absolute Gasteiger partial charge is 0.0872 e. The molecule has 5 unspecified atom stereocenters. The standard InChI is InChI=1S/C15H24O/c1-11-7-4-5-10-14-15(16-14)13(3)12(2)9-6-8-11/h4,6-7,9,11-15H,5,8,10H2,1-3H3/b7-4-,9-6-. The highest BCUT2D eigenvalue weighted by Gasteiger charge is 2.43. The summed E-state index contributed by atoms with van der Waals surface area (Å²) in [7, 11) is 0. The van der Waals surface area contributed by atoms with Gasteiger partial charge in [-0.2, -0.15) is 0 Å². The van der Waals surface area contributed by atoms with Gasteiger partial charge in [0.2, 0.25) is 0 Å². The first-order chi connectivity index (χ1) is 7.68. The van der Waals surface area contributed by atoms with E-state index in [9.17, 15) is 0 Å². The lowest BCUT2D eigenvalue weighted by Crippen LogP contribution is -2.14. The second-order valence-electron chi connectivity index (χ2n) is 5.50. The van der Waals surface area contributed by atoms with Crippen LogP contribution >= 0.6 is 0 Å². The van der Waals surface area contributed by atoms with Gasteiger partial charge < -0.3 is 4.74 Å². The molecule has 0 aromatic carbocycles. The zero-order chi connectivity index (χ0) is 11.5. The van der Waals surface area contributed by atoms with Crippen molar-refractivity contribution >= 4 is 0 Å². The van der Waals surface area contributed by atoms with Crippen LogP contribution < -0.4 is 0 Å². The largest absolute Gasteiger partial charge is 0.369 e. The Bertz CT molecular complexity index is 279. The van der Waals surface area contributed by atoms with Gasteiger partial charge in [-0.05, 0) is 37.0 Å². The predicted molar refractivity (Wildman–Crippen MR) is 68.3 cm³/mol. The highest BCUT2D eigenvalue weighted by molar-refractivity contribution is 5.01. The van der Waals surface area contributed by atoms with Crippen LogP contribution in [0.4, 0.5) is 0 Å². The van der Waals surface area contributed by atoms with Crippen molar-refractivity contribution in [1.82, 2.24) is 0 Å². The van der Waals surface area contributed by atoms with Gasteiger partial charge in [-0.15, -0.1) is 0 Å². The van der Waals surface area contributed by atoms with Crippen LogP contribution in [-0.2, 0) is 4.74 Å². The monoisotopic (exact) mass is 220 g/mol. The minimum Gasteiger partial charge on any atom is -0.369 e. The van der Waals surface area contributed by atoms with Gasteiger partial charge in [0.25, 0.3) is 0 Å². The molecule has 0 bridgehead atoms. The Balaban J connectivity index is 1.99. The van der Waals surface area contributed by atoms with E-state index in [2.05, 4.69) is 45.1 Å². The number of rotatable bonds is 0. The minimum absolute atomic E-state index is 0.518. The molecule has 1 heterocycles. The molecule has 1 aliphatic carbocycles. The Morgan fingerprint density at radius 2 is 1.88 bits per heavy atom. The quantitative estimate of drug-likeness (QED) is 0.445. The molecule has 1 heteroatoms. The van der Waals surface area contributed by atoms with Crippen LogP contribution in [0.5, 0.6) is 0 Å². The first-order valence-electron chi connectivity index (χ1n) is 6.67. The van der Waals surface area contributed by atoms with E-state index in [-0.39, 0.29) is 0 Å².